The monoisotopic (exact) mass is 344 g/mol. The molecule has 1 N–H and O–H groups in total. The number of aliphatic hydroxyl groups excluding tert-OH is 1. The molecule has 0 radical (unpaired) electrons. The summed E-state index contributed by atoms with van der Waals surface area (Å²) in [6.45, 7) is 4.69. The van der Waals surface area contributed by atoms with Crippen LogP contribution >= 0.6 is 21.9 Å². The van der Waals surface area contributed by atoms with Crippen LogP contribution in [0.25, 0.3) is 0 Å². The Kier molecular flexibility index (Phi) is 21.2. The van der Waals surface area contributed by atoms with Crippen molar-refractivity contribution >= 4 is 39.7 Å². The minimum atomic E-state index is -1.16. The second-order valence-corrected chi connectivity index (χ2v) is 13.4. The molecule has 0 aliphatic rings. The number of rotatable bonds is 7. The molecule has 0 heterocycles. The Morgan fingerprint density at radius 1 is 1.14 bits per heavy atom. The van der Waals surface area contributed by atoms with E-state index in [0.717, 1.165) is 0 Å². The Bertz CT molecular complexity index is 109. The molecule has 14 heavy (non-hydrogen) atoms. The molecule has 0 amide bonds. The number of hydrogen-bond donors (Lipinski definition) is 2. The Labute approximate surface area is 105 Å². The van der Waals surface area contributed by atoms with E-state index in [1.165, 1.54) is 34.6 Å². The summed E-state index contributed by atoms with van der Waals surface area (Å²) in [5, 5.41) is 7.80. The van der Waals surface area contributed by atoms with Crippen molar-refractivity contribution in [3.63, 3.8) is 0 Å². The molecule has 0 atom stereocenters. The number of unbranched alkanes of at least 4 members (excludes halogenated alkanes) is 2. The summed E-state index contributed by atoms with van der Waals surface area (Å²) < 4.78 is 2.90. The summed E-state index contributed by atoms with van der Waals surface area (Å²) in [4.78, 5) is 0. The van der Waals surface area contributed by atoms with Gasteiger partial charge in [0.1, 0.15) is 0 Å². The molecule has 0 saturated heterocycles. The first-order chi connectivity index (χ1) is 6.72. The summed E-state index contributed by atoms with van der Waals surface area (Å²) in [6.07, 6.45) is 5.49. The van der Waals surface area contributed by atoms with E-state index in [9.17, 15) is 0 Å². The maximum atomic E-state index is 7.80. The van der Waals surface area contributed by atoms with Gasteiger partial charge in [-0.3, -0.25) is 0 Å². The Hall–Kier alpha value is 1.33. The average molecular weight is 343 g/mol. The van der Waals surface area contributed by atoms with Gasteiger partial charge >= 0.3 is 75.5 Å². The molecule has 0 saturated carbocycles. The minimum Gasteiger partial charge on any atom is -0.396 e. The summed E-state index contributed by atoms with van der Waals surface area (Å²) in [7, 11) is 5.46. The standard InChI is InChI=1S/2C4H9.C2H6OS.S.Sn/c2*1-3-4-2;3-1-2-4;;/h2*1,3-4H2,2H3;3-4H,1-2H2;;. The van der Waals surface area contributed by atoms with Crippen molar-refractivity contribution in [3.8, 4) is 0 Å². The van der Waals surface area contributed by atoms with Crippen molar-refractivity contribution in [2.24, 2.45) is 0 Å². The summed E-state index contributed by atoms with van der Waals surface area (Å²) >= 11 is 2.51. The van der Waals surface area contributed by atoms with Crippen molar-refractivity contribution in [2.75, 3.05) is 12.4 Å². The predicted molar refractivity (Wildman–Crippen MR) is 73.7 cm³/mol. The van der Waals surface area contributed by atoms with E-state index in [2.05, 4.69) is 26.5 Å². The maximum absolute atomic E-state index is 7.80. The minimum absolute atomic E-state index is 0.184. The maximum Gasteiger partial charge on any atom is 0.0519 e. The molecule has 0 aromatic rings. The molecule has 0 aliphatic carbocycles. The van der Waals surface area contributed by atoms with Gasteiger partial charge in [0.25, 0.3) is 0 Å². The second kappa shape index (κ2) is 16.7. The van der Waals surface area contributed by atoms with E-state index >= 15 is 0 Å². The first kappa shape index (κ1) is 17.7. The average Bonchev–Trinajstić information content (AvgIpc) is 2.23. The van der Waals surface area contributed by atoms with Crippen LogP contribution in [0.2, 0.25) is 8.87 Å². The molecule has 4 heteroatoms. The third-order valence-corrected chi connectivity index (χ3v) is 9.86. The Balaban J connectivity index is 0. The zero-order valence-electron chi connectivity index (χ0n) is 9.46. The van der Waals surface area contributed by atoms with Crippen LogP contribution in [-0.2, 0) is 0 Å². The van der Waals surface area contributed by atoms with Crippen LogP contribution < -0.4 is 0 Å². The van der Waals surface area contributed by atoms with Crippen LogP contribution in [0.4, 0.5) is 0 Å². The smallest absolute Gasteiger partial charge is 0.0519 e. The SMILES string of the molecule is CCC[CH2][Sn](=[S])[CH2]CCC.OCCS. The van der Waals surface area contributed by atoms with E-state index in [-0.39, 0.29) is 6.61 Å². The van der Waals surface area contributed by atoms with Gasteiger partial charge in [-0.15, -0.1) is 0 Å². The zero-order valence-corrected chi connectivity index (χ0v) is 14.0. The van der Waals surface area contributed by atoms with Gasteiger partial charge in [-0.2, -0.15) is 12.6 Å². The number of hydrogen-bond acceptors (Lipinski definition) is 3. The molecule has 1 nitrogen and oxygen atoms in total. The van der Waals surface area contributed by atoms with Gasteiger partial charge in [0, 0.05) is 5.75 Å². The van der Waals surface area contributed by atoms with Crippen LogP contribution in [0.5, 0.6) is 0 Å². The summed E-state index contributed by atoms with van der Waals surface area (Å²) in [6, 6.07) is 0. The molecule has 0 unspecified atom stereocenters. The first-order valence-corrected chi connectivity index (χ1v) is 14.0. The third-order valence-electron chi connectivity index (χ3n) is 1.72. The zero-order chi connectivity index (χ0) is 11.2. The third kappa shape index (κ3) is 19.0. The van der Waals surface area contributed by atoms with Gasteiger partial charge in [-0.05, 0) is 0 Å². The second-order valence-electron chi connectivity index (χ2n) is 3.19. The Morgan fingerprint density at radius 3 is 1.71 bits per heavy atom. The van der Waals surface area contributed by atoms with Crippen LogP contribution in [0.1, 0.15) is 39.5 Å². The van der Waals surface area contributed by atoms with Crippen LogP contribution in [0.15, 0.2) is 0 Å². The molecule has 86 valence electrons. The fraction of sp³-hybridized carbons (Fsp3) is 1.00. The van der Waals surface area contributed by atoms with Gasteiger partial charge in [0.2, 0.25) is 0 Å². The van der Waals surface area contributed by atoms with Gasteiger partial charge in [0.15, 0.2) is 0 Å². The van der Waals surface area contributed by atoms with E-state index in [4.69, 9.17) is 14.4 Å². The molecule has 0 aromatic heterocycles. The van der Waals surface area contributed by atoms with E-state index in [0.29, 0.717) is 5.75 Å². The summed E-state index contributed by atoms with van der Waals surface area (Å²) in [5.41, 5.74) is 0. The van der Waals surface area contributed by atoms with Crippen molar-refractivity contribution in [2.45, 2.75) is 48.4 Å². The van der Waals surface area contributed by atoms with Crippen LogP contribution in [0, 0.1) is 0 Å². The fourth-order valence-electron chi connectivity index (χ4n) is 0.873. The van der Waals surface area contributed by atoms with Gasteiger partial charge in [0.05, 0.1) is 6.61 Å². The quantitative estimate of drug-likeness (QED) is 0.543. The molecular weight excluding hydrogens is 319 g/mol. The van der Waals surface area contributed by atoms with Crippen molar-refractivity contribution in [1.82, 2.24) is 0 Å². The fourth-order valence-corrected chi connectivity index (χ4v) is 7.79. The van der Waals surface area contributed by atoms with Gasteiger partial charge in [-0.1, -0.05) is 0 Å². The van der Waals surface area contributed by atoms with Crippen LogP contribution in [0.3, 0.4) is 0 Å². The van der Waals surface area contributed by atoms with Crippen molar-refractivity contribution < 1.29 is 5.11 Å². The normalized spacial score (nSPS) is 9.14. The molecule has 0 aromatic carbocycles. The molecule has 0 spiro atoms. The molecule has 0 aliphatic heterocycles. The van der Waals surface area contributed by atoms with Crippen molar-refractivity contribution in [3.05, 3.63) is 0 Å². The van der Waals surface area contributed by atoms with Crippen molar-refractivity contribution in [1.29, 1.82) is 0 Å². The predicted octanol–water partition coefficient (Wildman–Crippen LogP) is 3.68. The Morgan fingerprint density at radius 2 is 1.50 bits per heavy atom. The molecular formula is C10H24OS2Sn. The number of thiol groups is 1. The molecule has 0 rings (SSSR count). The number of aliphatic hydroxyl groups is 1. The largest absolute Gasteiger partial charge is 0.396 e. The van der Waals surface area contributed by atoms with Crippen LogP contribution in [-0.4, -0.2) is 35.3 Å². The van der Waals surface area contributed by atoms with E-state index in [1.54, 1.807) is 0 Å². The van der Waals surface area contributed by atoms with Gasteiger partial charge in [-0.25, -0.2) is 0 Å². The first-order valence-electron chi connectivity index (χ1n) is 5.46. The topological polar surface area (TPSA) is 20.2 Å². The van der Waals surface area contributed by atoms with E-state index < -0.39 is 17.8 Å². The van der Waals surface area contributed by atoms with Gasteiger partial charge < -0.3 is 5.11 Å². The summed E-state index contributed by atoms with van der Waals surface area (Å²) in [5.74, 6) is 0.569. The molecule has 0 bridgehead atoms. The van der Waals surface area contributed by atoms with E-state index in [1.807, 2.05) is 0 Å². The molecule has 0 fully saturated rings.